The third-order valence-corrected chi connectivity index (χ3v) is 11.1. The fourth-order valence-electron chi connectivity index (χ4n) is 4.90. The maximum Gasteiger partial charge on any atom is 0.408 e. The van der Waals surface area contributed by atoms with Crippen molar-refractivity contribution in [2.75, 3.05) is 24.7 Å². The predicted molar refractivity (Wildman–Crippen MR) is 137 cm³/mol. The maximum atomic E-state index is 14.3. The molecule has 0 aliphatic carbocycles. The number of halogens is 4. The van der Waals surface area contributed by atoms with Crippen molar-refractivity contribution in [2.24, 2.45) is 0 Å². The Bertz CT molecular complexity index is 1620. The standard InChI is InChI=1S/C24H25ClF3N3O6S2/c1-15(2)38(32,33)16-6-8-17(9-7-16)39(34,35)31-19-5-3-4-18(25)21(19)22(29-31)30-11-10-23(36-12-13-37-23)14-20(30)24(26,27)28/h3-9,15,20H,10-14H2,1-2H3. The van der Waals surface area contributed by atoms with Crippen LogP contribution in [0.1, 0.15) is 26.7 Å². The summed E-state index contributed by atoms with van der Waals surface area (Å²) in [6.45, 7) is 3.20. The molecule has 0 bridgehead atoms. The van der Waals surface area contributed by atoms with Gasteiger partial charge in [0.25, 0.3) is 10.0 Å². The van der Waals surface area contributed by atoms with Gasteiger partial charge in [-0.15, -0.1) is 5.10 Å². The number of nitrogens with zero attached hydrogens (tertiary/aromatic N) is 3. The van der Waals surface area contributed by atoms with E-state index >= 15 is 0 Å². The fourth-order valence-corrected chi connectivity index (χ4v) is 7.49. The lowest BCUT2D eigenvalue weighted by Crippen LogP contribution is -2.57. The van der Waals surface area contributed by atoms with Crippen LogP contribution in [0.4, 0.5) is 19.0 Å². The first-order chi connectivity index (χ1) is 18.2. The summed E-state index contributed by atoms with van der Waals surface area (Å²) < 4.78 is 107. The van der Waals surface area contributed by atoms with E-state index < -0.39 is 49.5 Å². The largest absolute Gasteiger partial charge is 0.408 e. The van der Waals surface area contributed by atoms with Gasteiger partial charge in [0.2, 0.25) is 0 Å². The summed E-state index contributed by atoms with van der Waals surface area (Å²) in [5.41, 5.74) is -0.0223. The first kappa shape index (κ1) is 28.1. The number of aromatic nitrogens is 2. The van der Waals surface area contributed by atoms with Crippen LogP contribution in [0.5, 0.6) is 0 Å². The van der Waals surface area contributed by atoms with E-state index in [2.05, 4.69) is 5.10 Å². The van der Waals surface area contributed by atoms with Crippen molar-refractivity contribution in [3.8, 4) is 0 Å². The van der Waals surface area contributed by atoms with Crippen LogP contribution in [0, 0.1) is 0 Å². The van der Waals surface area contributed by atoms with Crippen LogP contribution in [-0.4, -0.2) is 69.0 Å². The number of sulfone groups is 1. The number of anilines is 1. The maximum absolute atomic E-state index is 14.3. The Morgan fingerprint density at radius 1 is 1.03 bits per heavy atom. The van der Waals surface area contributed by atoms with Gasteiger partial charge in [-0.3, -0.25) is 0 Å². The number of benzene rings is 2. The third kappa shape index (κ3) is 4.79. The van der Waals surface area contributed by atoms with Crippen molar-refractivity contribution in [1.82, 2.24) is 9.19 Å². The normalized spacial score (nSPS) is 20.4. The van der Waals surface area contributed by atoms with Gasteiger partial charge in [0.05, 0.1) is 44.2 Å². The van der Waals surface area contributed by atoms with E-state index in [4.69, 9.17) is 21.1 Å². The highest BCUT2D eigenvalue weighted by Crippen LogP contribution is 2.45. The smallest absolute Gasteiger partial charge is 0.347 e. The highest BCUT2D eigenvalue weighted by atomic mass is 35.5. The Hall–Kier alpha value is -2.39. The monoisotopic (exact) mass is 607 g/mol. The first-order valence-corrected chi connectivity index (χ1v) is 15.4. The van der Waals surface area contributed by atoms with Gasteiger partial charge < -0.3 is 14.4 Å². The number of ether oxygens (including phenoxy) is 2. The Labute approximate surface area is 228 Å². The van der Waals surface area contributed by atoms with Gasteiger partial charge in [-0.25, -0.2) is 8.42 Å². The Morgan fingerprint density at radius 2 is 1.64 bits per heavy atom. The van der Waals surface area contributed by atoms with Crippen molar-refractivity contribution in [2.45, 2.75) is 59.7 Å². The fraction of sp³-hybridized carbons (Fsp3) is 0.458. The second kappa shape index (κ2) is 9.61. The van der Waals surface area contributed by atoms with Crippen LogP contribution in [0.15, 0.2) is 52.3 Å². The Morgan fingerprint density at radius 3 is 2.23 bits per heavy atom. The van der Waals surface area contributed by atoms with E-state index in [9.17, 15) is 30.0 Å². The molecule has 1 aromatic heterocycles. The van der Waals surface area contributed by atoms with Crippen molar-refractivity contribution < 1.29 is 39.5 Å². The molecule has 2 saturated heterocycles. The molecule has 2 aliphatic heterocycles. The van der Waals surface area contributed by atoms with E-state index in [-0.39, 0.29) is 57.7 Å². The summed E-state index contributed by atoms with van der Waals surface area (Å²) in [7, 11) is -8.12. The molecule has 0 radical (unpaired) electrons. The number of fused-ring (bicyclic) bond motifs is 1. The number of hydrogen-bond donors (Lipinski definition) is 0. The summed E-state index contributed by atoms with van der Waals surface area (Å²) in [4.78, 5) is 0.644. The minimum atomic E-state index is -4.71. The SMILES string of the molecule is CC(C)S(=O)(=O)c1ccc(S(=O)(=O)n2nc(N3CCC4(CC3C(F)(F)F)OCCO4)c3c(Cl)cccc32)cc1. The molecule has 9 nitrogen and oxygen atoms in total. The molecule has 212 valence electrons. The van der Waals surface area contributed by atoms with Gasteiger partial charge >= 0.3 is 6.18 Å². The zero-order valence-electron chi connectivity index (χ0n) is 20.9. The summed E-state index contributed by atoms with van der Waals surface area (Å²) in [6, 6.07) is 6.82. The molecule has 3 aromatic rings. The molecule has 1 atom stereocenters. The van der Waals surface area contributed by atoms with Crippen LogP contribution < -0.4 is 4.90 Å². The molecule has 1 unspecified atom stereocenters. The zero-order chi connectivity index (χ0) is 28.4. The average Bonchev–Trinajstić information content (AvgIpc) is 3.50. The minimum Gasteiger partial charge on any atom is -0.347 e. The van der Waals surface area contributed by atoms with E-state index in [1.54, 1.807) is 0 Å². The molecule has 15 heteroatoms. The molecule has 3 heterocycles. The Kier molecular flexibility index (Phi) is 6.94. The number of piperidine rings is 1. The van der Waals surface area contributed by atoms with Gasteiger partial charge in [-0.2, -0.15) is 25.7 Å². The summed E-state index contributed by atoms with van der Waals surface area (Å²) >= 11 is 6.40. The lowest BCUT2D eigenvalue weighted by molar-refractivity contribution is -0.218. The molecule has 5 rings (SSSR count). The first-order valence-electron chi connectivity index (χ1n) is 12.1. The predicted octanol–water partition coefficient (Wildman–Crippen LogP) is 4.38. The van der Waals surface area contributed by atoms with E-state index in [0.717, 1.165) is 17.0 Å². The van der Waals surface area contributed by atoms with Crippen LogP contribution >= 0.6 is 11.6 Å². The highest BCUT2D eigenvalue weighted by molar-refractivity contribution is 7.92. The van der Waals surface area contributed by atoms with Crippen molar-refractivity contribution in [3.05, 3.63) is 47.5 Å². The lowest BCUT2D eigenvalue weighted by Gasteiger charge is -2.44. The van der Waals surface area contributed by atoms with Crippen LogP contribution in [0.25, 0.3) is 10.9 Å². The van der Waals surface area contributed by atoms with Crippen molar-refractivity contribution in [3.63, 3.8) is 0 Å². The quantitative estimate of drug-likeness (QED) is 0.421. The summed E-state index contributed by atoms with van der Waals surface area (Å²) in [5.74, 6) is -1.61. The van der Waals surface area contributed by atoms with Gasteiger partial charge in [0, 0.05) is 19.4 Å². The minimum absolute atomic E-state index is 0.0223. The molecule has 0 N–H and O–H groups in total. The van der Waals surface area contributed by atoms with Gasteiger partial charge in [-0.05, 0) is 50.2 Å². The van der Waals surface area contributed by atoms with Crippen molar-refractivity contribution in [1.29, 1.82) is 0 Å². The van der Waals surface area contributed by atoms with Crippen LogP contribution in [0.3, 0.4) is 0 Å². The molecule has 2 aliphatic rings. The highest BCUT2D eigenvalue weighted by Gasteiger charge is 2.55. The number of rotatable bonds is 5. The molecule has 39 heavy (non-hydrogen) atoms. The molecular weight excluding hydrogens is 583 g/mol. The van der Waals surface area contributed by atoms with Crippen molar-refractivity contribution >= 4 is 48.2 Å². The van der Waals surface area contributed by atoms with E-state index in [1.165, 1.54) is 44.2 Å². The lowest BCUT2D eigenvalue weighted by atomic mass is 9.95. The molecule has 0 saturated carbocycles. The molecule has 0 amide bonds. The third-order valence-electron chi connectivity index (χ3n) is 6.98. The topological polar surface area (TPSA) is 108 Å². The van der Waals surface area contributed by atoms with E-state index in [0.29, 0.717) is 4.09 Å². The molecule has 1 spiro atoms. The number of alkyl halides is 3. The van der Waals surface area contributed by atoms with Crippen LogP contribution in [0.2, 0.25) is 5.02 Å². The Balaban J connectivity index is 1.62. The van der Waals surface area contributed by atoms with Gasteiger partial charge in [-0.1, -0.05) is 17.7 Å². The second-order valence-electron chi connectivity index (χ2n) is 9.68. The van der Waals surface area contributed by atoms with Gasteiger partial charge in [0.1, 0.15) is 6.04 Å². The summed E-state index contributed by atoms with van der Waals surface area (Å²) in [6.07, 6.45) is -5.12. The number of hydrogen-bond acceptors (Lipinski definition) is 8. The average molecular weight is 608 g/mol. The molecular formula is C24H25ClF3N3O6S2. The zero-order valence-corrected chi connectivity index (χ0v) is 23.2. The second-order valence-corrected chi connectivity index (χ2v) is 14.4. The summed E-state index contributed by atoms with van der Waals surface area (Å²) in [5, 5.41) is 3.52. The van der Waals surface area contributed by atoms with Gasteiger partial charge in [0.15, 0.2) is 21.4 Å². The van der Waals surface area contributed by atoms with E-state index in [1.807, 2.05) is 0 Å². The molecule has 2 fully saturated rings. The van der Waals surface area contributed by atoms with Crippen LogP contribution in [-0.2, 0) is 29.3 Å². The molecule has 2 aromatic carbocycles.